The van der Waals surface area contributed by atoms with Crippen molar-refractivity contribution < 1.29 is 39.9 Å². The van der Waals surface area contributed by atoms with Gasteiger partial charge < -0.3 is 45.7 Å². The number of allylic oxidation sites excluding steroid dienone is 3. The minimum atomic E-state index is -1.77. The van der Waals surface area contributed by atoms with Crippen molar-refractivity contribution in [3.63, 3.8) is 0 Å². The summed E-state index contributed by atoms with van der Waals surface area (Å²) in [4.78, 5) is 27.1. The Morgan fingerprint density at radius 2 is 1.81 bits per heavy atom. The van der Waals surface area contributed by atoms with E-state index in [1.54, 1.807) is 0 Å². The summed E-state index contributed by atoms with van der Waals surface area (Å²) in [7, 11) is 1.89. The number of nitrogens with one attached hydrogen (secondary N) is 2. The lowest BCUT2D eigenvalue weighted by Gasteiger charge is -2.72. The Morgan fingerprint density at radius 1 is 1.02 bits per heavy atom. The molecule has 10 nitrogen and oxygen atoms in total. The zero-order valence-electron chi connectivity index (χ0n) is 31.6. The van der Waals surface area contributed by atoms with E-state index in [1.165, 1.54) is 31.8 Å². The molecule has 15 unspecified atom stereocenters. The highest BCUT2D eigenvalue weighted by atomic mass is 16.5. The molecule has 0 amide bonds. The molecule has 0 aromatic carbocycles. The zero-order valence-corrected chi connectivity index (χ0v) is 31.6. The first-order valence-corrected chi connectivity index (χ1v) is 21.0. The number of ether oxygens (including phenoxy) is 1. The van der Waals surface area contributed by atoms with E-state index in [2.05, 4.69) is 28.9 Å². The largest absolute Gasteiger partial charge is 0.450 e. The van der Waals surface area contributed by atoms with Crippen molar-refractivity contribution in [3.8, 4) is 0 Å². The van der Waals surface area contributed by atoms with E-state index < -0.39 is 74.9 Å². The number of rotatable bonds is 8. The average Bonchev–Trinajstić information content (AvgIpc) is 3.84. The topological polar surface area (TPSA) is 169 Å². The van der Waals surface area contributed by atoms with Crippen molar-refractivity contribution in [2.24, 2.45) is 63.6 Å². The van der Waals surface area contributed by atoms with E-state index in [-0.39, 0.29) is 37.7 Å². The molecule has 1 aliphatic heterocycles. The lowest BCUT2D eigenvalue weighted by molar-refractivity contribution is -0.345. The van der Waals surface area contributed by atoms with Gasteiger partial charge in [0, 0.05) is 48.4 Å². The molecule has 1 heterocycles. The first-order valence-electron chi connectivity index (χ1n) is 21.0. The molecule has 10 heteroatoms. The molecule has 292 valence electrons. The van der Waals surface area contributed by atoms with Gasteiger partial charge in [-0.3, -0.25) is 0 Å². The number of esters is 1. The number of carbonyl (C=O) groups excluding carboxylic acids is 2. The second-order valence-electron chi connectivity index (χ2n) is 19.4. The van der Waals surface area contributed by atoms with Gasteiger partial charge in [-0.05, 0) is 111 Å². The van der Waals surface area contributed by atoms with E-state index in [0.717, 1.165) is 24.8 Å². The van der Waals surface area contributed by atoms with Gasteiger partial charge in [0.25, 0.3) is 0 Å². The average molecular weight is 735 g/mol. The summed E-state index contributed by atoms with van der Waals surface area (Å²) in [5.74, 6) is -1.13. The van der Waals surface area contributed by atoms with E-state index in [0.29, 0.717) is 62.6 Å². The minimum absolute atomic E-state index is 0.123. The normalized spacial score (nSPS) is 52.5. The predicted octanol–water partition coefficient (Wildman–Crippen LogP) is 2.96. The standard InChI is InChI=1S/C43H62N2O8/c1-38-12-11-35-39(23-46)13-10-34(48)32-17-26-8-5-9-30(25-6-3-4-7-25)31(26)18-29(43(32,39)52)20-41(35,50)42(38,51)21-28-16-27(22-45-15-14-44-2)37-33(19-36(49)53-37)40(28,38)24-47/h5,8,16,19,23,25-26,28-32,34-35,37,44-45,47-48,50-52H,3-4,6-7,9-15,17-18,20-22,24H2,1-2H3. The van der Waals surface area contributed by atoms with Gasteiger partial charge in [0.1, 0.15) is 18.0 Å². The molecule has 0 aromatic heterocycles. The maximum Gasteiger partial charge on any atom is 0.331 e. The van der Waals surface area contributed by atoms with Crippen molar-refractivity contribution in [2.45, 2.75) is 119 Å². The maximum atomic E-state index is 14.0. The van der Waals surface area contributed by atoms with Crippen LogP contribution in [0.25, 0.3) is 0 Å². The third-order valence-electron chi connectivity index (χ3n) is 18.1. The number of aliphatic hydroxyl groups excluding tert-OH is 2. The Bertz CT molecular complexity index is 1610. The Hall–Kier alpha value is -1.92. The number of aliphatic hydroxyl groups is 5. The van der Waals surface area contributed by atoms with E-state index in [4.69, 9.17) is 4.74 Å². The number of hydrogen-bond acceptors (Lipinski definition) is 10. The Morgan fingerprint density at radius 3 is 2.55 bits per heavy atom. The third-order valence-corrected chi connectivity index (χ3v) is 18.1. The van der Waals surface area contributed by atoms with E-state index >= 15 is 0 Å². The molecule has 0 saturated heterocycles. The third kappa shape index (κ3) is 4.46. The molecule has 0 aromatic rings. The first kappa shape index (κ1) is 36.7. The van der Waals surface area contributed by atoms with Crippen LogP contribution in [0.4, 0.5) is 0 Å². The highest BCUT2D eigenvalue weighted by molar-refractivity contribution is 5.87. The first-order chi connectivity index (χ1) is 25.4. The summed E-state index contributed by atoms with van der Waals surface area (Å²) in [5.41, 5.74) is -7.00. The smallest absolute Gasteiger partial charge is 0.331 e. The molecule has 0 bridgehead atoms. The number of fused-ring (bicyclic) bond motifs is 9. The lowest BCUT2D eigenvalue weighted by Crippen LogP contribution is -2.81. The summed E-state index contributed by atoms with van der Waals surface area (Å²) in [5, 5.41) is 70.9. The van der Waals surface area contributed by atoms with Crippen LogP contribution in [0.2, 0.25) is 0 Å². The highest BCUT2D eigenvalue weighted by Gasteiger charge is 2.84. The lowest BCUT2D eigenvalue weighted by atomic mass is 9.35. The molecule has 8 aliphatic carbocycles. The summed E-state index contributed by atoms with van der Waals surface area (Å²) in [6.07, 6.45) is 16.5. The van der Waals surface area contributed by atoms with E-state index in [9.17, 15) is 35.1 Å². The highest BCUT2D eigenvalue weighted by Crippen LogP contribution is 2.79. The van der Waals surface area contributed by atoms with Crippen molar-refractivity contribution in [3.05, 3.63) is 35.5 Å². The maximum absolute atomic E-state index is 14.0. The predicted molar refractivity (Wildman–Crippen MR) is 197 cm³/mol. The van der Waals surface area contributed by atoms with Crippen LogP contribution in [0.15, 0.2) is 35.5 Å². The van der Waals surface area contributed by atoms with Crippen LogP contribution < -0.4 is 10.6 Å². The molecule has 53 heavy (non-hydrogen) atoms. The van der Waals surface area contributed by atoms with Crippen LogP contribution in [0, 0.1) is 63.6 Å². The van der Waals surface area contributed by atoms with Crippen molar-refractivity contribution in [1.29, 1.82) is 0 Å². The van der Waals surface area contributed by atoms with Gasteiger partial charge >= 0.3 is 5.97 Å². The quantitative estimate of drug-likeness (QED) is 0.0853. The SMILES string of the molecule is CNCCNCC1=CC2CC3(O)C4(O)CC5CC6C(C=CCC6C6CCCC6)CC6C(O)CCC(C=O)(C4CCC3(C)C2(CO)C2=CC(=O)OC12)C56O. The fourth-order valence-electron chi connectivity index (χ4n) is 15.8. The second-order valence-corrected chi connectivity index (χ2v) is 19.4. The molecule has 0 radical (unpaired) electrons. The molecule has 9 aliphatic rings. The Labute approximate surface area is 313 Å². The van der Waals surface area contributed by atoms with Gasteiger partial charge in [-0.15, -0.1) is 0 Å². The van der Waals surface area contributed by atoms with Crippen LogP contribution in [-0.4, -0.2) is 100 Å². The molecule has 6 fully saturated rings. The summed E-state index contributed by atoms with van der Waals surface area (Å²) >= 11 is 0. The molecule has 7 N–H and O–H groups in total. The fourth-order valence-corrected chi connectivity index (χ4v) is 15.8. The number of aldehydes is 1. The second kappa shape index (κ2) is 12.5. The van der Waals surface area contributed by atoms with Crippen molar-refractivity contribution >= 4 is 12.3 Å². The van der Waals surface area contributed by atoms with Gasteiger partial charge in [0.2, 0.25) is 0 Å². The number of likely N-dealkylation sites (N-methyl/N-ethyl adjacent to an activating group) is 1. The van der Waals surface area contributed by atoms with Crippen LogP contribution >= 0.6 is 0 Å². The molecule has 9 rings (SSSR count). The molecule has 0 spiro atoms. The monoisotopic (exact) mass is 734 g/mol. The van der Waals surface area contributed by atoms with Gasteiger partial charge in [0.15, 0.2) is 0 Å². The molecule has 6 saturated carbocycles. The number of carbonyl (C=O) groups is 2. The summed E-state index contributed by atoms with van der Waals surface area (Å²) in [6.45, 7) is 3.60. The Kier molecular flexibility index (Phi) is 8.68. The van der Waals surface area contributed by atoms with Gasteiger partial charge in [-0.2, -0.15) is 0 Å². The van der Waals surface area contributed by atoms with Crippen LogP contribution in [0.3, 0.4) is 0 Å². The van der Waals surface area contributed by atoms with Crippen LogP contribution in [0.5, 0.6) is 0 Å². The summed E-state index contributed by atoms with van der Waals surface area (Å²) < 4.78 is 5.94. The fraction of sp³-hybridized carbons (Fsp3) is 0.814. The molecular weight excluding hydrogens is 672 g/mol. The van der Waals surface area contributed by atoms with Crippen molar-refractivity contribution in [1.82, 2.24) is 10.6 Å². The van der Waals surface area contributed by atoms with Gasteiger partial charge in [0.05, 0.1) is 29.3 Å². The molecular formula is C43H62N2O8. The van der Waals surface area contributed by atoms with Crippen LogP contribution in [0.1, 0.15) is 90.4 Å². The van der Waals surface area contributed by atoms with E-state index in [1.807, 2.05) is 14.0 Å². The zero-order chi connectivity index (χ0) is 37.2. The van der Waals surface area contributed by atoms with Gasteiger partial charge in [-0.1, -0.05) is 50.8 Å². The van der Waals surface area contributed by atoms with Crippen LogP contribution in [-0.2, 0) is 14.3 Å². The summed E-state index contributed by atoms with van der Waals surface area (Å²) in [6, 6.07) is 0. The number of hydrogen-bond donors (Lipinski definition) is 7. The molecule has 15 atom stereocenters. The van der Waals surface area contributed by atoms with Gasteiger partial charge in [-0.25, -0.2) is 4.79 Å². The Balaban J connectivity index is 1.17. The van der Waals surface area contributed by atoms with Crippen molar-refractivity contribution in [2.75, 3.05) is 33.3 Å². The minimum Gasteiger partial charge on any atom is -0.450 e.